The standard InChI is InChI=1S/C18H20FN3O2S/c1-12-15-11-16(25-18(15)22(2)21-12)17(23)20-9-3-4-10-24-14-7-5-13(19)6-8-14/h5-8,11H,3-4,9-10H2,1-2H3,(H,20,23). The van der Waals surface area contributed by atoms with Crippen molar-refractivity contribution < 1.29 is 13.9 Å². The molecule has 3 rings (SSSR count). The summed E-state index contributed by atoms with van der Waals surface area (Å²) in [6.07, 6.45) is 1.63. The van der Waals surface area contributed by atoms with Crippen molar-refractivity contribution in [1.29, 1.82) is 0 Å². The molecular weight excluding hydrogens is 341 g/mol. The molecule has 0 aliphatic rings. The number of thiophene rings is 1. The van der Waals surface area contributed by atoms with Crippen molar-refractivity contribution in [2.75, 3.05) is 13.2 Å². The van der Waals surface area contributed by atoms with Gasteiger partial charge in [-0.3, -0.25) is 9.48 Å². The molecule has 0 bridgehead atoms. The van der Waals surface area contributed by atoms with E-state index in [1.54, 1.807) is 16.8 Å². The Morgan fingerprint density at radius 3 is 2.80 bits per heavy atom. The van der Waals surface area contributed by atoms with Gasteiger partial charge in [0.1, 0.15) is 16.4 Å². The lowest BCUT2D eigenvalue weighted by atomic mass is 10.3. The topological polar surface area (TPSA) is 56.2 Å². The Balaban J connectivity index is 1.40. The van der Waals surface area contributed by atoms with E-state index in [9.17, 15) is 9.18 Å². The SMILES string of the molecule is Cc1nn(C)c2sc(C(=O)NCCCCOc3ccc(F)cc3)cc12. The molecular formula is C18H20FN3O2S. The lowest BCUT2D eigenvalue weighted by Crippen LogP contribution is -2.23. The minimum atomic E-state index is -0.276. The quantitative estimate of drug-likeness (QED) is 0.653. The number of fused-ring (bicyclic) bond motifs is 1. The maximum absolute atomic E-state index is 12.8. The summed E-state index contributed by atoms with van der Waals surface area (Å²) in [5, 5.41) is 8.30. The molecule has 0 aliphatic carbocycles. The minimum absolute atomic E-state index is 0.0555. The van der Waals surface area contributed by atoms with Gasteiger partial charge in [-0.05, 0) is 50.1 Å². The van der Waals surface area contributed by atoms with Gasteiger partial charge in [0.05, 0.1) is 17.2 Å². The number of rotatable bonds is 7. The fourth-order valence-corrected chi connectivity index (χ4v) is 3.59. The monoisotopic (exact) mass is 361 g/mol. The average molecular weight is 361 g/mol. The van der Waals surface area contributed by atoms with Gasteiger partial charge in [-0.25, -0.2) is 4.39 Å². The Hall–Kier alpha value is -2.41. The number of nitrogens with one attached hydrogen (secondary N) is 1. The van der Waals surface area contributed by atoms with Crippen LogP contribution in [0.1, 0.15) is 28.2 Å². The molecule has 0 unspecified atom stereocenters. The van der Waals surface area contributed by atoms with Gasteiger partial charge in [-0.15, -0.1) is 11.3 Å². The van der Waals surface area contributed by atoms with Crippen LogP contribution in [0, 0.1) is 12.7 Å². The van der Waals surface area contributed by atoms with Crippen LogP contribution in [-0.4, -0.2) is 28.8 Å². The third-order valence-corrected chi connectivity index (χ3v) is 5.06. The van der Waals surface area contributed by atoms with Gasteiger partial charge < -0.3 is 10.1 Å². The predicted octanol–water partition coefficient (Wildman–Crippen LogP) is 3.67. The molecule has 132 valence electrons. The van der Waals surface area contributed by atoms with E-state index in [0.717, 1.165) is 28.8 Å². The van der Waals surface area contributed by atoms with E-state index in [2.05, 4.69) is 10.4 Å². The van der Waals surface area contributed by atoms with E-state index < -0.39 is 0 Å². The van der Waals surface area contributed by atoms with E-state index in [-0.39, 0.29) is 11.7 Å². The molecule has 25 heavy (non-hydrogen) atoms. The molecule has 3 aromatic rings. The first kappa shape index (κ1) is 17.4. The normalized spacial score (nSPS) is 11.0. The number of benzene rings is 1. The maximum Gasteiger partial charge on any atom is 0.261 e. The van der Waals surface area contributed by atoms with Crippen LogP contribution in [0.5, 0.6) is 5.75 Å². The Labute approximate surface area is 149 Å². The predicted molar refractivity (Wildman–Crippen MR) is 96.8 cm³/mol. The molecule has 0 saturated carbocycles. The van der Waals surface area contributed by atoms with Gasteiger partial charge in [0.25, 0.3) is 5.91 Å². The van der Waals surface area contributed by atoms with Crippen LogP contribution in [0.15, 0.2) is 30.3 Å². The molecule has 0 radical (unpaired) electrons. The largest absolute Gasteiger partial charge is 0.494 e. The summed E-state index contributed by atoms with van der Waals surface area (Å²) in [6, 6.07) is 7.86. The van der Waals surface area contributed by atoms with Gasteiger partial charge >= 0.3 is 0 Å². The van der Waals surface area contributed by atoms with Gasteiger partial charge in [0.15, 0.2) is 0 Å². The number of carbonyl (C=O) groups is 1. The fraction of sp³-hybridized carbons (Fsp3) is 0.333. The van der Waals surface area contributed by atoms with Crippen molar-refractivity contribution in [3.63, 3.8) is 0 Å². The third-order valence-electron chi connectivity index (χ3n) is 3.86. The van der Waals surface area contributed by atoms with E-state index in [1.807, 2.05) is 20.0 Å². The first-order valence-corrected chi connectivity index (χ1v) is 8.96. The Morgan fingerprint density at radius 1 is 1.32 bits per heavy atom. The van der Waals surface area contributed by atoms with Crippen LogP contribution in [0.2, 0.25) is 0 Å². The van der Waals surface area contributed by atoms with E-state index in [0.29, 0.717) is 23.8 Å². The molecule has 2 aromatic heterocycles. The number of aromatic nitrogens is 2. The van der Waals surface area contributed by atoms with E-state index in [4.69, 9.17) is 4.74 Å². The number of carbonyl (C=O) groups excluding carboxylic acids is 1. The summed E-state index contributed by atoms with van der Waals surface area (Å²) >= 11 is 1.45. The number of unbranched alkanes of at least 4 members (excludes halogenated alkanes) is 1. The molecule has 0 spiro atoms. The molecule has 0 saturated heterocycles. The highest BCUT2D eigenvalue weighted by Gasteiger charge is 2.14. The van der Waals surface area contributed by atoms with E-state index >= 15 is 0 Å². The highest BCUT2D eigenvalue weighted by atomic mass is 32.1. The second kappa shape index (κ2) is 7.65. The molecule has 7 heteroatoms. The summed E-state index contributed by atoms with van der Waals surface area (Å²) < 4.78 is 20.1. The van der Waals surface area contributed by atoms with Crippen LogP contribution in [0.4, 0.5) is 4.39 Å². The van der Waals surface area contributed by atoms with Crippen LogP contribution in [0.25, 0.3) is 10.2 Å². The molecule has 5 nitrogen and oxygen atoms in total. The van der Waals surface area contributed by atoms with Crippen molar-refractivity contribution in [3.05, 3.63) is 46.7 Å². The maximum atomic E-state index is 12.8. The minimum Gasteiger partial charge on any atom is -0.494 e. The van der Waals surface area contributed by atoms with Crippen molar-refractivity contribution in [3.8, 4) is 5.75 Å². The Morgan fingerprint density at radius 2 is 2.08 bits per heavy atom. The highest BCUT2D eigenvalue weighted by molar-refractivity contribution is 7.20. The van der Waals surface area contributed by atoms with E-state index in [1.165, 1.54) is 23.5 Å². The molecule has 1 amide bonds. The van der Waals surface area contributed by atoms with Gasteiger partial charge in [0.2, 0.25) is 0 Å². The number of nitrogens with zero attached hydrogens (tertiary/aromatic N) is 2. The summed E-state index contributed by atoms with van der Waals surface area (Å²) in [6.45, 7) is 3.07. The lowest BCUT2D eigenvalue weighted by molar-refractivity contribution is 0.0956. The van der Waals surface area contributed by atoms with Crippen molar-refractivity contribution in [1.82, 2.24) is 15.1 Å². The van der Waals surface area contributed by atoms with Crippen LogP contribution in [-0.2, 0) is 7.05 Å². The molecule has 1 N–H and O–H groups in total. The first-order chi connectivity index (χ1) is 12.0. The summed E-state index contributed by atoms with van der Waals surface area (Å²) in [5.74, 6) is 0.321. The molecule has 0 aliphatic heterocycles. The summed E-state index contributed by atoms with van der Waals surface area (Å²) in [7, 11) is 1.88. The van der Waals surface area contributed by atoms with Crippen molar-refractivity contribution in [2.24, 2.45) is 7.05 Å². The second-order valence-corrected chi connectivity index (χ2v) is 6.83. The van der Waals surface area contributed by atoms with Gasteiger partial charge in [-0.2, -0.15) is 5.10 Å². The highest BCUT2D eigenvalue weighted by Crippen LogP contribution is 2.27. The number of aryl methyl sites for hydroxylation is 2. The summed E-state index contributed by atoms with van der Waals surface area (Å²) in [4.78, 5) is 13.9. The number of amides is 1. The number of halogens is 1. The molecule has 0 atom stereocenters. The van der Waals surface area contributed by atoms with Crippen molar-refractivity contribution >= 4 is 27.5 Å². The molecule has 1 aromatic carbocycles. The van der Waals surface area contributed by atoms with Gasteiger partial charge in [0, 0.05) is 19.0 Å². The molecule has 0 fully saturated rings. The van der Waals surface area contributed by atoms with Crippen LogP contribution >= 0.6 is 11.3 Å². The number of ether oxygens (including phenoxy) is 1. The van der Waals surface area contributed by atoms with Gasteiger partial charge in [-0.1, -0.05) is 0 Å². The van der Waals surface area contributed by atoms with Crippen molar-refractivity contribution in [2.45, 2.75) is 19.8 Å². The lowest BCUT2D eigenvalue weighted by Gasteiger charge is -2.06. The average Bonchev–Trinajstić information content (AvgIpc) is 3.14. The smallest absolute Gasteiger partial charge is 0.261 e. The Bertz CT molecular complexity index is 836. The zero-order valence-corrected chi connectivity index (χ0v) is 15.0. The first-order valence-electron chi connectivity index (χ1n) is 8.14. The molecule has 2 heterocycles. The zero-order valence-electron chi connectivity index (χ0n) is 14.2. The van der Waals surface area contributed by atoms with Crippen LogP contribution in [0.3, 0.4) is 0 Å². The zero-order chi connectivity index (χ0) is 17.8. The third kappa shape index (κ3) is 4.17. The Kier molecular flexibility index (Phi) is 5.33. The summed E-state index contributed by atoms with van der Waals surface area (Å²) in [5.41, 5.74) is 0.936. The number of hydrogen-bond acceptors (Lipinski definition) is 4. The second-order valence-electron chi connectivity index (χ2n) is 5.80. The van der Waals surface area contributed by atoms with Crippen LogP contribution < -0.4 is 10.1 Å². The number of hydrogen-bond donors (Lipinski definition) is 1. The fourth-order valence-electron chi connectivity index (χ4n) is 2.55.